The van der Waals surface area contributed by atoms with Crippen LogP contribution in [0.5, 0.6) is 0 Å². The molecular formula is C26H40O4. The van der Waals surface area contributed by atoms with Crippen molar-refractivity contribution in [2.24, 2.45) is 10.8 Å². The number of carboxylic acids is 2. The van der Waals surface area contributed by atoms with E-state index < -0.39 is 17.4 Å². The molecular weight excluding hydrogens is 376 g/mol. The highest BCUT2D eigenvalue weighted by Crippen LogP contribution is 2.50. The van der Waals surface area contributed by atoms with Gasteiger partial charge in [0.2, 0.25) is 0 Å². The van der Waals surface area contributed by atoms with Gasteiger partial charge in [0.25, 0.3) is 0 Å². The van der Waals surface area contributed by atoms with Gasteiger partial charge in [-0.05, 0) is 101 Å². The average Bonchev–Trinajstić information content (AvgIpc) is 3.46. The Kier molecular flexibility index (Phi) is 8.52. The molecule has 0 unspecified atom stereocenters. The zero-order chi connectivity index (χ0) is 22.4. The third-order valence-corrected chi connectivity index (χ3v) is 7.16. The molecule has 4 heteroatoms. The Balaban J connectivity index is 1.76. The minimum atomic E-state index is -0.711. The van der Waals surface area contributed by atoms with Gasteiger partial charge in [0, 0.05) is 0 Å². The van der Waals surface area contributed by atoms with Crippen LogP contribution < -0.4 is 0 Å². The molecule has 168 valence electrons. The molecule has 0 aliphatic heterocycles. The number of rotatable bonds is 14. The van der Waals surface area contributed by atoms with E-state index in [9.17, 15) is 19.8 Å². The summed E-state index contributed by atoms with van der Waals surface area (Å²) >= 11 is 0. The predicted molar refractivity (Wildman–Crippen MR) is 121 cm³/mol. The highest BCUT2D eigenvalue weighted by molar-refractivity contribution is 5.77. The molecule has 0 saturated heterocycles. The third kappa shape index (κ3) is 6.58. The Morgan fingerprint density at radius 3 is 2.17 bits per heavy atom. The molecule has 2 rings (SSSR count). The SMILES string of the molecule is Cc1ccc(CCCCCC(C)(C)C(=O)O)c(C)c1CCCCCC1(C(=O)O)CC1. The van der Waals surface area contributed by atoms with Gasteiger partial charge in [-0.1, -0.05) is 37.8 Å². The van der Waals surface area contributed by atoms with Crippen LogP contribution >= 0.6 is 0 Å². The van der Waals surface area contributed by atoms with Gasteiger partial charge in [-0.3, -0.25) is 9.59 Å². The number of carboxylic acid groups (broad SMARTS) is 2. The van der Waals surface area contributed by atoms with Crippen LogP contribution in [-0.4, -0.2) is 22.2 Å². The zero-order valence-corrected chi connectivity index (χ0v) is 19.4. The first-order valence-corrected chi connectivity index (χ1v) is 11.6. The largest absolute Gasteiger partial charge is 0.481 e. The number of unbranched alkanes of at least 4 members (excludes halogenated alkanes) is 4. The molecule has 1 aliphatic rings. The Morgan fingerprint density at radius 2 is 1.57 bits per heavy atom. The van der Waals surface area contributed by atoms with Crippen LogP contribution in [0.2, 0.25) is 0 Å². The zero-order valence-electron chi connectivity index (χ0n) is 19.4. The molecule has 1 aromatic rings. The maximum atomic E-state index is 11.3. The number of carbonyl (C=O) groups is 2. The lowest BCUT2D eigenvalue weighted by Crippen LogP contribution is -2.23. The van der Waals surface area contributed by atoms with E-state index in [0.29, 0.717) is 0 Å². The summed E-state index contributed by atoms with van der Waals surface area (Å²) in [4.78, 5) is 22.5. The monoisotopic (exact) mass is 416 g/mol. The quantitative estimate of drug-likeness (QED) is 0.340. The second-order valence-corrected chi connectivity index (χ2v) is 10.0. The Morgan fingerprint density at radius 1 is 0.933 bits per heavy atom. The summed E-state index contributed by atoms with van der Waals surface area (Å²) in [5.41, 5.74) is 4.62. The highest BCUT2D eigenvalue weighted by atomic mass is 16.4. The normalized spacial score (nSPS) is 15.2. The lowest BCUT2D eigenvalue weighted by Gasteiger charge is -2.18. The standard InChI is InChI=1S/C26H40O4/c1-19-13-14-21(11-7-5-9-15-25(3,4)23(27)28)20(2)22(19)12-8-6-10-16-26(17-18-26)24(29)30/h13-14H,5-12,15-18H2,1-4H3,(H,27,28)(H,29,30). The van der Waals surface area contributed by atoms with Crippen LogP contribution in [0.15, 0.2) is 12.1 Å². The third-order valence-electron chi connectivity index (χ3n) is 7.16. The number of aliphatic carboxylic acids is 2. The van der Waals surface area contributed by atoms with Gasteiger partial charge in [-0.15, -0.1) is 0 Å². The second-order valence-electron chi connectivity index (χ2n) is 10.0. The van der Waals surface area contributed by atoms with E-state index in [1.807, 2.05) is 0 Å². The molecule has 30 heavy (non-hydrogen) atoms. The fourth-order valence-corrected chi connectivity index (χ4v) is 4.43. The molecule has 1 aromatic carbocycles. The first-order valence-electron chi connectivity index (χ1n) is 11.6. The highest BCUT2D eigenvalue weighted by Gasteiger charge is 2.49. The van der Waals surface area contributed by atoms with Crippen molar-refractivity contribution in [2.45, 2.75) is 105 Å². The lowest BCUT2D eigenvalue weighted by molar-refractivity contribution is -0.147. The van der Waals surface area contributed by atoms with Crippen molar-refractivity contribution in [2.75, 3.05) is 0 Å². The van der Waals surface area contributed by atoms with Gasteiger partial charge in [0.05, 0.1) is 10.8 Å². The summed E-state index contributed by atoms with van der Waals surface area (Å²) < 4.78 is 0. The second kappa shape index (κ2) is 10.5. The number of benzene rings is 1. The van der Waals surface area contributed by atoms with E-state index in [0.717, 1.165) is 77.0 Å². The molecule has 2 N–H and O–H groups in total. The Bertz CT molecular complexity index is 744. The molecule has 1 fully saturated rings. The minimum Gasteiger partial charge on any atom is -0.481 e. The molecule has 0 bridgehead atoms. The van der Waals surface area contributed by atoms with Crippen molar-refractivity contribution >= 4 is 11.9 Å². The summed E-state index contributed by atoms with van der Waals surface area (Å²) in [5, 5.41) is 18.5. The summed E-state index contributed by atoms with van der Waals surface area (Å²) in [7, 11) is 0. The Labute approximate surface area is 182 Å². The lowest BCUT2D eigenvalue weighted by atomic mass is 9.86. The van der Waals surface area contributed by atoms with E-state index >= 15 is 0 Å². The van der Waals surface area contributed by atoms with Gasteiger partial charge in [0.1, 0.15) is 0 Å². The fourth-order valence-electron chi connectivity index (χ4n) is 4.43. The first kappa shape index (κ1) is 24.4. The summed E-state index contributed by atoms with van der Waals surface area (Å²) in [6.07, 6.45) is 11.7. The predicted octanol–water partition coefficient (Wildman–Crippen LogP) is 6.48. The van der Waals surface area contributed by atoms with Crippen molar-refractivity contribution in [3.63, 3.8) is 0 Å². The molecule has 0 amide bonds. The molecule has 0 atom stereocenters. The number of hydrogen-bond donors (Lipinski definition) is 2. The fraction of sp³-hybridized carbons (Fsp3) is 0.692. The van der Waals surface area contributed by atoms with Gasteiger partial charge in [-0.2, -0.15) is 0 Å². The van der Waals surface area contributed by atoms with Crippen LogP contribution in [0.4, 0.5) is 0 Å². The van der Waals surface area contributed by atoms with E-state index in [2.05, 4.69) is 26.0 Å². The van der Waals surface area contributed by atoms with Crippen LogP contribution in [0.3, 0.4) is 0 Å². The number of hydrogen-bond acceptors (Lipinski definition) is 2. The van der Waals surface area contributed by atoms with Gasteiger partial charge in [0.15, 0.2) is 0 Å². The molecule has 0 spiro atoms. The van der Waals surface area contributed by atoms with Crippen molar-refractivity contribution < 1.29 is 19.8 Å². The molecule has 1 saturated carbocycles. The topological polar surface area (TPSA) is 74.6 Å². The van der Waals surface area contributed by atoms with Crippen LogP contribution in [0.1, 0.15) is 100 Å². The minimum absolute atomic E-state index is 0.384. The average molecular weight is 417 g/mol. The first-order chi connectivity index (χ1) is 14.1. The molecule has 0 radical (unpaired) electrons. The summed E-state index contributed by atoms with van der Waals surface area (Å²) in [6.45, 7) is 8.02. The van der Waals surface area contributed by atoms with Crippen LogP contribution in [0, 0.1) is 24.7 Å². The summed E-state index contributed by atoms with van der Waals surface area (Å²) in [5.74, 6) is -1.31. The van der Waals surface area contributed by atoms with Crippen LogP contribution in [0.25, 0.3) is 0 Å². The van der Waals surface area contributed by atoms with E-state index in [-0.39, 0.29) is 5.41 Å². The Hall–Kier alpha value is -1.84. The summed E-state index contributed by atoms with van der Waals surface area (Å²) in [6, 6.07) is 4.48. The van der Waals surface area contributed by atoms with E-state index in [1.54, 1.807) is 13.8 Å². The van der Waals surface area contributed by atoms with Crippen molar-refractivity contribution in [3.05, 3.63) is 34.4 Å². The van der Waals surface area contributed by atoms with Crippen molar-refractivity contribution in [1.82, 2.24) is 0 Å². The number of aryl methyl sites for hydroxylation is 2. The molecule has 4 nitrogen and oxygen atoms in total. The van der Waals surface area contributed by atoms with Crippen molar-refractivity contribution in [1.29, 1.82) is 0 Å². The van der Waals surface area contributed by atoms with E-state index in [4.69, 9.17) is 0 Å². The van der Waals surface area contributed by atoms with Crippen molar-refractivity contribution in [3.8, 4) is 0 Å². The molecule has 0 aromatic heterocycles. The molecule has 0 heterocycles. The maximum Gasteiger partial charge on any atom is 0.309 e. The smallest absolute Gasteiger partial charge is 0.309 e. The van der Waals surface area contributed by atoms with E-state index in [1.165, 1.54) is 22.3 Å². The molecule has 1 aliphatic carbocycles. The van der Waals surface area contributed by atoms with Crippen LogP contribution in [-0.2, 0) is 22.4 Å². The van der Waals surface area contributed by atoms with Gasteiger partial charge in [-0.25, -0.2) is 0 Å². The van der Waals surface area contributed by atoms with Gasteiger partial charge >= 0.3 is 11.9 Å². The van der Waals surface area contributed by atoms with Gasteiger partial charge < -0.3 is 10.2 Å². The maximum absolute atomic E-state index is 11.3.